The number of amides is 1. The second kappa shape index (κ2) is 5.66. The first-order chi connectivity index (χ1) is 9.08. The van der Waals surface area contributed by atoms with Crippen LogP contribution in [0.25, 0.3) is 5.65 Å². The quantitative estimate of drug-likeness (QED) is 0.783. The van der Waals surface area contributed by atoms with E-state index in [4.69, 9.17) is 4.84 Å². The first-order valence-corrected chi connectivity index (χ1v) is 6.03. The summed E-state index contributed by atoms with van der Waals surface area (Å²) in [5.74, 6) is -0.0932. The molecule has 102 valence electrons. The molecule has 0 aromatic carbocycles. The average Bonchev–Trinajstić information content (AvgIpc) is 2.66. The average molecular weight is 264 g/mol. The van der Waals surface area contributed by atoms with Crippen LogP contribution in [0.5, 0.6) is 0 Å². The van der Waals surface area contributed by atoms with Gasteiger partial charge in [0.05, 0.1) is 6.61 Å². The Morgan fingerprint density at radius 2 is 2.26 bits per heavy atom. The highest BCUT2D eigenvalue weighted by Gasteiger charge is 2.10. The number of carbonyl (C=O) groups excluding carboxylic acids is 1. The summed E-state index contributed by atoms with van der Waals surface area (Å²) in [6.07, 6.45) is 1.61. The van der Waals surface area contributed by atoms with E-state index < -0.39 is 5.91 Å². The van der Waals surface area contributed by atoms with Crippen LogP contribution in [0.2, 0.25) is 0 Å². The molecule has 2 heterocycles. The summed E-state index contributed by atoms with van der Waals surface area (Å²) >= 11 is 0. The third-order valence-corrected chi connectivity index (χ3v) is 2.38. The van der Waals surface area contributed by atoms with Gasteiger partial charge in [-0.25, -0.2) is 15.0 Å². The maximum Gasteiger partial charge on any atom is 0.350 e. The Kier molecular flexibility index (Phi) is 3.96. The summed E-state index contributed by atoms with van der Waals surface area (Å²) in [4.78, 5) is 28.5. The standard InChI is InChI=1S/C12H16N4O3/c1-9(2)8-19-14-11(17)7-16-12(18)15-6-4-3-5-10(15)13-16/h3-6,9H,7-8H2,1-2H3,(H,14,17). The monoisotopic (exact) mass is 264 g/mol. The summed E-state index contributed by atoms with van der Waals surface area (Å²) in [5.41, 5.74) is 2.44. The molecule has 2 aromatic heterocycles. The maximum atomic E-state index is 11.9. The van der Waals surface area contributed by atoms with Crippen molar-refractivity contribution in [1.29, 1.82) is 0 Å². The summed E-state index contributed by atoms with van der Waals surface area (Å²) in [7, 11) is 0. The Hall–Kier alpha value is -2.15. The fourth-order valence-corrected chi connectivity index (χ4v) is 1.53. The first kappa shape index (κ1) is 13.3. The van der Waals surface area contributed by atoms with Crippen molar-refractivity contribution < 1.29 is 9.63 Å². The molecule has 2 rings (SSSR count). The highest BCUT2D eigenvalue weighted by atomic mass is 16.6. The van der Waals surface area contributed by atoms with Crippen LogP contribution >= 0.6 is 0 Å². The highest BCUT2D eigenvalue weighted by Crippen LogP contribution is 1.95. The molecular formula is C12H16N4O3. The lowest BCUT2D eigenvalue weighted by atomic mass is 10.2. The fraction of sp³-hybridized carbons (Fsp3) is 0.417. The van der Waals surface area contributed by atoms with Gasteiger partial charge in [0.1, 0.15) is 6.54 Å². The van der Waals surface area contributed by atoms with Gasteiger partial charge in [-0.3, -0.25) is 14.0 Å². The van der Waals surface area contributed by atoms with Crippen molar-refractivity contribution in [3.8, 4) is 0 Å². The number of nitrogens with zero attached hydrogens (tertiary/aromatic N) is 3. The minimum absolute atomic E-state index is 0.168. The topological polar surface area (TPSA) is 77.6 Å². The molecule has 2 aromatic rings. The van der Waals surface area contributed by atoms with Crippen LogP contribution in [0.4, 0.5) is 0 Å². The van der Waals surface area contributed by atoms with Crippen molar-refractivity contribution in [2.45, 2.75) is 20.4 Å². The number of hydrogen-bond donors (Lipinski definition) is 1. The SMILES string of the molecule is CC(C)CONC(=O)Cn1nc2ccccn2c1=O. The Labute approximate surface area is 109 Å². The largest absolute Gasteiger partial charge is 0.350 e. The van der Waals surface area contributed by atoms with E-state index in [1.54, 1.807) is 24.4 Å². The Bertz CT molecular complexity index is 629. The lowest BCUT2D eigenvalue weighted by Gasteiger charge is -2.07. The molecule has 0 saturated heterocycles. The molecule has 0 unspecified atom stereocenters. The van der Waals surface area contributed by atoms with E-state index in [0.29, 0.717) is 18.2 Å². The van der Waals surface area contributed by atoms with Crippen LogP contribution in [0.15, 0.2) is 29.2 Å². The first-order valence-electron chi connectivity index (χ1n) is 6.03. The second-order valence-electron chi connectivity index (χ2n) is 4.60. The van der Waals surface area contributed by atoms with E-state index in [1.165, 1.54) is 4.40 Å². The molecule has 7 heteroatoms. The number of aromatic nitrogens is 3. The van der Waals surface area contributed by atoms with E-state index in [9.17, 15) is 9.59 Å². The molecule has 0 saturated carbocycles. The van der Waals surface area contributed by atoms with E-state index in [2.05, 4.69) is 10.6 Å². The third-order valence-electron chi connectivity index (χ3n) is 2.38. The van der Waals surface area contributed by atoms with E-state index in [-0.39, 0.29) is 12.2 Å². The van der Waals surface area contributed by atoms with Gasteiger partial charge in [-0.1, -0.05) is 19.9 Å². The van der Waals surface area contributed by atoms with Crippen LogP contribution in [0.3, 0.4) is 0 Å². The molecule has 0 aliphatic carbocycles. The summed E-state index contributed by atoms with van der Waals surface area (Å²) in [6, 6.07) is 5.20. The number of pyridine rings is 1. The zero-order chi connectivity index (χ0) is 13.8. The molecule has 0 aliphatic heterocycles. The van der Waals surface area contributed by atoms with Gasteiger partial charge in [-0.05, 0) is 18.1 Å². The summed E-state index contributed by atoms with van der Waals surface area (Å²) in [6.45, 7) is 4.20. The van der Waals surface area contributed by atoms with Crippen LogP contribution in [-0.4, -0.2) is 26.7 Å². The molecule has 19 heavy (non-hydrogen) atoms. The molecule has 0 radical (unpaired) electrons. The van der Waals surface area contributed by atoms with Gasteiger partial charge < -0.3 is 0 Å². The molecule has 7 nitrogen and oxygen atoms in total. The zero-order valence-corrected chi connectivity index (χ0v) is 10.9. The van der Waals surface area contributed by atoms with Crippen LogP contribution in [-0.2, 0) is 16.2 Å². The van der Waals surface area contributed by atoms with E-state index in [1.807, 2.05) is 13.8 Å². The van der Waals surface area contributed by atoms with Crippen molar-refractivity contribution >= 4 is 11.6 Å². The van der Waals surface area contributed by atoms with Gasteiger partial charge >= 0.3 is 5.69 Å². The molecule has 0 atom stereocenters. The second-order valence-corrected chi connectivity index (χ2v) is 4.60. The predicted octanol–water partition coefficient (Wildman–Crippen LogP) is 0.200. The number of rotatable bonds is 5. The lowest BCUT2D eigenvalue weighted by molar-refractivity contribution is -0.135. The van der Waals surface area contributed by atoms with E-state index in [0.717, 1.165) is 4.68 Å². The molecule has 1 amide bonds. The van der Waals surface area contributed by atoms with Gasteiger partial charge in [0.25, 0.3) is 5.91 Å². The van der Waals surface area contributed by atoms with Crippen molar-refractivity contribution in [3.05, 3.63) is 34.9 Å². The van der Waals surface area contributed by atoms with Crippen molar-refractivity contribution in [3.63, 3.8) is 0 Å². The Balaban J connectivity index is 2.03. The number of hydrogen-bond acceptors (Lipinski definition) is 4. The van der Waals surface area contributed by atoms with E-state index >= 15 is 0 Å². The minimum atomic E-state index is -0.411. The molecule has 1 N–H and O–H groups in total. The molecule has 0 fully saturated rings. The summed E-state index contributed by atoms with van der Waals surface area (Å²) < 4.78 is 2.48. The van der Waals surface area contributed by atoms with Crippen molar-refractivity contribution in [2.75, 3.05) is 6.61 Å². The number of fused-ring (bicyclic) bond motifs is 1. The number of carbonyl (C=O) groups is 1. The predicted molar refractivity (Wildman–Crippen MR) is 68.4 cm³/mol. The van der Waals surface area contributed by atoms with Gasteiger partial charge in [-0.15, -0.1) is 5.10 Å². The van der Waals surface area contributed by atoms with Gasteiger partial charge in [-0.2, -0.15) is 0 Å². The van der Waals surface area contributed by atoms with Gasteiger partial charge in [0, 0.05) is 6.20 Å². The molecular weight excluding hydrogens is 248 g/mol. The Morgan fingerprint density at radius 3 is 2.95 bits per heavy atom. The highest BCUT2D eigenvalue weighted by molar-refractivity contribution is 5.74. The fourth-order valence-electron chi connectivity index (χ4n) is 1.53. The third kappa shape index (κ3) is 3.19. The van der Waals surface area contributed by atoms with Gasteiger partial charge in [0.15, 0.2) is 5.65 Å². The molecule has 0 bridgehead atoms. The Morgan fingerprint density at radius 1 is 1.47 bits per heavy atom. The van der Waals surface area contributed by atoms with Crippen molar-refractivity contribution in [2.24, 2.45) is 5.92 Å². The molecule has 0 spiro atoms. The van der Waals surface area contributed by atoms with Crippen LogP contribution < -0.4 is 11.2 Å². The number of nitrogens with one attached hydrogen (secondary N) is 1. The van der Waals surface area contributed by atoms with Gasteiger partial charge in [0.2, 0.25) is 0 Å². The van der Waals surface area contributed by atoms with Crippen LogP contribution in [0, 0.1) is 5.92 Å². The van der Waals surface area contributed by atoms with Crippen molar-refractivity contribution in [1.82, 2.24) is 19.7 Å². The van der Waals surface area contributed by atoms with Crippen LogP contribution in [0.1, 0.15) is 13.8 Å². The number of hydroxylamine groups is 1. The smallest absolute Gasteiger partial charge is 0.273 e. The normalized spacial score (nSPS) is 11.1. The minimum Gasteiger partial charge on any atom is -0.273 e. The zero-order valence-electron chi connectivity index (χ0n) is 10.9. The summed E-state index contributed by atoms with van der Waals surface area (Å²) in [5, 5.41) is 4.05. The molecule has 0 aliphatic rings. The maximum absolute atomic E-state index is 11.9. The lowest BCUT2D eigenvalue weighted by Crippen LogP contribution is -2.33.